The molecule has 1 aromatic carbocycles. The largest absolute Gasteiger partial charge is 0.459 e. The average molecular weight is 383 g/mol. The summed E-state index contributed by atoms with van der Waals surface area (Å²) in [4.78, 5) is 16.9. The van der Waals surface area contributed by atoms with Crippen molar-refractivity contribution in [2.24, 2.45) is 10.9 Å². The normalized spacial score (nSPS) is 19.9. The van der Waals surface area contributed by atoms with E-state index in [1.807, 2.05) is 24.3 Å². The monoisotopic (exact) mass is 382 g/mol. The van der Waals surface area contributed by atoms with Crippen LogP contribution in [0.1, 0.15) is 55.6 Å². The zero-order valence-corrected chi connectivity index (χ0v) is 16.7. The van der Waals surface area contributed by atoms with Crippen LogP contribution in [0.15, 0.2) is 52.1 Å². The van der Waals surface area contributed by atoms with Crippen LogP contribution in [0.2, 0.25) is 0 Å². The molecule has 0 radical (unpaired) electrons. The van der Waals surface area contributed by atoms with E-state index in [9.17, 15) is 4.79 Å². The summed E-state index contributed by atoms with van der Waals surface area (Å²) in [5, 5.41) is 9.76. The van der Waals surface area contributed by atoms with Gasteiger partial charge in [0.1, 0.15) is 0 Å². The van der Waals surface area contributed by atoms with E-state index in [0.717, 1.165) is 29.7 Å². The topological polar surface area (TPSA) is 78.7 Å². The number of nitrogens with zero attached hydrogens (tertiary/aromatic N) is 1. The molecule has 1 aromatic heterocycles. The van der Waals surface area contributed by atoms with Crippen molar-refractivity contribution in [3.8, 4) is 0 Å². The van der Waals surface area contributed by atoms with Crippen LogP contribution < -0.4 is 16.0 Å². The van der Waals surface area contributed by atoms with Crippen molar-refractivity contribution >= 4 is 17.6 Å². The maximum Gasteiger partial charge on any atom is 0.291 e. The highest BCUT2D eigenvalue weighted by Crippen LogP contribution is 2.23. The van der Waals surface area contributed by atoms with Crippen LogP contribution in [0.25, 0.3) is 0 Å². The molecule has 1 fully saturated rings. The average Bonchev–Trinajstić information content (AvgIpc) is 3.23. The molecule has 0 bridgehead atoms. The molecule has 0 atom stereocenters. The summed E-state index contributed by atoms with van der Waals surface area (Å²) in [6.45, 7) is 5.77. The molecular formula is C22H30N4O2. The Hall–Kier alpha value is -2.76. The first-order valence-electron chi connectivity index (χ1n) is 10.1. The van der Waals surface area contributed by atoms with Crippen molar-refractivity contribution in [3.05, 3.63) is 54.0 Å². The van der Waals surface area contributed by atoms with Gasteiger partial charge in [-0.05, 0) is 68.4 Å². The molecule has 3 rings (SSSR count). The summed E-state index contributed by atoms with van der Waals surface area (Å²) in [6, 6.07) is 11.6. The molecule has 6 nitrogen and oxygen atoms in total. The quantitative estimate of drug-likeness (QED) is 0.518. The number of amides is 1. The summed E-state index contributed by atoms with van der Waals surface area (Å²) in [7, 11) is 0. The maximum absolute atomic E-state index is 12.1. The smallest absolute Gasteiger partial charge is 0.291 e. The molecule has 0 spiro atoms. The predicted octanol–water partition coefficient (Wildman–Crippen LogP) is 4.17. The minimum Gasteiger partial charge on any atom is -0.459 e. The molecule has 0 unspecified atom stereocenters. The number of guanidine groups is 1. The van der Waals surface area contributed by atoms with Gasteiger partial charge in [-0.25, -0.2) is 4.99 Å². The van der Waals surface area contributed by atoms with Gasteiger partial charge >= 0.3 is 0 Å². The molecule has 3 N–H and O–H groups in total. The molecule has 1 amide bonds. The van der Waals surface area contributed by atoms with Crippen molar-refractivity contribution in [2.75, 3.05) is 11.9 Å². The number of anilines is 1. The highest BCUT2D eigenvalue weighted by atomic mass is 16.3. The number of furan rings is 1. The van der Waals surface area contributed by atoms with E-state index in [-0.39, 0.29) is 5.91 Å². The lowest BCUT2D eigenvalue weighted by Gasteiger charge is -2.28. The van der Waals surface area contributed by atoms with Crippen LogP contribution in [-0.2, 0) is 6.54 Å². The van der Waals surface area contributed by atoms with Gasteiger partial charge < -0.3 is 20.4 Å². The Morgan fingerprint density at radius 3 is 2.71 bits per heavy atom. The Kier molecular flexibility index (Phi) is 7.12. The molecule has 6 heteroatoms. The van der Waals surface area contributed by atoms with E-state index >= 15 is 0 Å². The molecule has 150 valence electrons. The van der Waals surface area contributed by atoms with Crippen molar-refractivity contribution in [3.63, 3.8) is 0 Å². The summed E-state index contributed by atoms with van der Waals surface area (Å²) in [5.41, 5.74) is 1.76. The molecule has 1 aliphatic rings. The van der Waals surface area contributed by atoms with Gasteiger partial charge in [-0.1, -0.05) is 19.1 Å². The highest BCUT2D eigenvalue weighted by molar-refractivity contribution is 6.02. The number of aliphatic imine (C=N–C) groups is 1. The third-order valence-corrected chi connectivity index (χ3v) is 5.05. The first kappa shape index (κ1) is 20.0. The van der Waals surface area contributed by atoms with Gasteiger partial charge in [0, 0.05) is 18.3 Å². The minimum absolute atomic E-state index is 0.257. The number of carbonyl (C=O) groups excluding carboxylic acids is 1. The standard InChI is InChI=1S/C22H30N4O2/c1-3-23-22(26-18-11-9-16(2)10-12-18)24-15-17-6-4-7-19(14-17)25-21(27)20-8-5-13-28-20/h4-8,13-14,16,18H,3,9-12,15H2,1-2H3,(H,25,27)(H2,23,24,26). The van der Waals surface area contributed by atoms with Gasteiger partial charge in [0.25, 0.3) is 5.91 Å². The number of carbonyl (C=O) groups is 1. The van der Waals surface area contributed by atoms with Gasteiger partial charge in [0.15, 0.2) is 11.7 Å². The second kappa shape index (κ2) is 9.97. The summed E-state index contributed by atoms with van der Waals surface area (Å²) in [6.07, 6.45) is 6.42. The van der Waals surface area contributed by atoms with E-state index in [2.05, 4.69) is 29.8 Å². The number of rotatable bonds is 6. The van der Waals surface area contributed by atoms with Crippen LogP contribution in [-0.4, -0.2) is 24.5 Å². The van der Waals surface area contributed by atoms with Crippen LogP contribution in [0, 0.1) is 5.92 Å². The van der Waals surface area contributed by atoms with E-state index in [4.69, 9.17) is 9.41 Å². The maximum atomic E-state index is 12.1. The van der Waals surface area contributed by atoms with Gasteiger partial charge in [0.2, 0.25) is 0 Å². The Labute approximate surface area is 166 Å². The lowest BCUT2D eigenvalue weighted by Crippen LogP contribution is -2.44. The predicted molar refractivity (Wildman–Crippen MR) is 112 cm³/mol. The van der Waals surface area contributed by atoms with Gasteiger partial charge in [0.05, 0.1) is 12.8 Å². The molecular weight excluding hydrogens is 352 g/mol. The third-order valence-electron chi connectivity index (χ3n) is 5.05. The van der Waals surface area contributed by atoms with Gasteiger partial charge in [-0.15, -0.1) is 0 Å². The lowest BCUT2D eigenvalue weighted by atomic mass is 9.87. The first-order chi connectivity index (χ1) is 13.6. The van der Waals surface area contributed by atoms with Crippen LogP contribution >= 0.6 is 0 Å². The molecule has 0 aliphatic heterocycles. The second-order valence-electron chi connectivity index (χ2n) is 7.43. The fraction of sp³-hybridized carbons (Fsp3) is 0.455. The molecule has 0 saturated heterocycles. The zero-order valence-electron chi connectivity index (χ0n) is 16.7. The Morgan fingerprint density at radius 1 is 1.18 bits per heavy atom. The third kappa shape index (κ3) is 5.87. The highest BCUT2D eigenvalue weighted by Gasteiger charge is 2.18. The number of hydrogen-bond acceptors (Lipinski definition) is 3. The fourth-order valence-corrected chi connectivity index (χ4v) is 3.44. The van der Waals surface area contributed by atoms with E-state index in [1.165, 1.54) is 31.9 Å². The van der Waals surface area contributed by atoms with Crippen molar-refractivity contribution in [1.29, 1.82) is 0 Å². The van der Waals surface area contributed by atoms with E-state index < -0.39 is 0 Å². The van der Waals surface area contributed by atoms with Gasteiger partial charge in [-0.3, -0.25) is 4.79 Å². The summed E-state index contributed by atoms with van der Waals surface area (Å²) >= 11 is 0. The Balaban J connectivity index is 1.60. The minimum atomic E-state index is -0.257. The molecule has 1 saturated carbocycles. The Morgan fingerprint density at radius 2 is 2.00 bits per heavy atom. The Bertz CT molecular complexity index is 778. The summed E-state index contributed by atoms with van der Waals surface area (Å²) in [5.74, 6) is 1.72. The molecule has 1 heterocycles. The SMILES string of the molecule is CCNC(=NCc1cccc(NC(=O)c2ccco2)c1)NC1CCC(C)CC1. The molecule has 2 aromatic rings. The zero-order chi connectivity index (χ0) is 19.8. The van der Waals surface area contributed by atoms with E-state index in [0.29, 0.717) is 18.3 Å². The first-order valence-corrected chi connectivity index (χ1v) is 10.1. The number of nitrogens with one attached hydrogen (secondary N) is 3. The van der Waals surface area contributed by atoms with Gasteiger partial charge in [-0.2, -0.15) is 0 Å². The van der Waals surface area contributed by atoms with Crippen molar-refractivity contribution in [1.82, 2.24) is 10.6 Å². The molecule has 1 aliphatic carbocycles. The number of benzene rings is 1. The van der Waals surface area contributed by atoms with Crippen LogP contribution in [0.4, 0.5) is 5.69 Å². The lowest BCUT2D eigenvalue weighted by molar-refractivity contribution is 0.0996. The summed E-state index contributed by atoms with van der Waals surface area (Å²) < 4.78 is 5.13. The fourth-order valence-electron chi connectivity index (χ4n) is 3.44. The number of hydrogen-bond donors (Lipinski definition) is 3. The van der Waals surface area contributed by atoms with E-state index in [1.54, 1.807) is 12.1 Å². The van der Waals surface area contributed by atoms with Crippen LogP contribution in [0.3, 0.4) is 0 Å². The molecule has 28 heavy (non-hydrogen) atoms. The van der Waals surface area contributed by atoms with Crippen molar-refractivity contribution in [2.45, 2.75) is 52.1 Å². The van der Waals surface area contributed by atoms with Crippen molar-refractivity contribution < 1.29 is 9.21 Å². The second-order valence-corrected chi connectivity index (χ2v) is 7.43. The van der Waals surface area contributed by atoms with Crippen LogP contribution in [0.5, 0.6) is 0 Å².